The van der Waals surface area contributed by atoms with Gasteiger partial charge >= 0.3 is 31.0 Å². The molecule has 722 valence electrons. The van der Waals surface area contributed by atoms with Crippen LogP contribution in [0.4, 0.5) is 39.5 Å². The highest BCUT2D eigenvalue weighted by atomic mass is 32.1. The summed E-state index contributed by atoms with van der Waals surface area (Å²) in [5.41, 5.74) is 5.99. The van der Waals surface area contributed by atoms with Gasteiger partial charge in [0, 0.05) is 94.3 Å². The average molecular weight is 2050 g/mol. The van der Waals surface area contributed by atoms with E-state index in [9.17, 15) is 77.9 Å². The van der Waals surface area contributed by atoms with Crippen LogP contribution in [0.25, 0.3) is 72.9 Å². The van der Waals surface area contributed by atoms with Crippen molar-refractivity contribution in [2.75, 3.05) is 14.2 Å². The van der Waals surface area contributed by atoms with E-state index in [4.69, 9.17) is 0 Å². The molecule has 0 N–H and O–H groups in total. The van der Waals surface area contributed by atoms with Crippen molar-refractivity contribution in [1.82, 2.24) is 58.7 Å². The Labute approximate surface area is 831 Å². The third-order valence-electron chi connectivity index (χ3n) is 18.8. The van der Waals surface area contributed by atoms with Crippen molar-refractivity contribution < 1.29 is 102 Å². The number of hydrogen-bond acceptors (Lipinski definition) is 25. The molecule has 0 aliphatic rings. The molecule has 18 rings (SSSR count). The van der Waals surface area contributed by atoms with E-state index < -0.39 is 60.2 Å². The SMILES string of the molecule is COC(=O)c1ccc(C(=O)n2ccc(/C=C/c3cccs3)n2)cc1.COC(=O)c1cccc(C(=O)n2ccc(/C=C/c3cccs3)n2)c1.O=C(c1ccc(OC(F)(F)F)cc1)n1ccc(/C=C/c2cccs2)n1.O=C(c1cccc(OC(F)(F)F)c1)n1ccc(/C=C/c2cccs2)n1.O=C(c1ccccc1)n1ccc(/C=C/c2cccs2)n1.O=C(c1ccccc1OC(F)(F)F)n1ccc(/C=C/c2cccs2)n1. The molecule has 40 heteroatoms. The molecule has 12 heterocycles. The zero-order valence-corrected chi connectivity index (χ0v) is 79.1. The zero-order chi connectivity index (χ0) is 101. The van der Waals surface area contributed by atoms with E-state index in [-0.39, 0.29) is 40.2 Å². The standard InChI is InChI=1S/2C18H14N2O3S.3C17H11F3N2O2S.C16H12N2OS/c1-23-18(22)14-5-2-4-13(12-14)17(21)20-10-9-15(19-20)7-8-16-6-3-11-24-16;1-23-18(22)14-6-4-13(5-7-14)17(21)20-11-10-15(19-20)8-9-16-3-2-12-24-16;18-17(19,20)24-14-4-1-3-12(11-14)16(23)22-9-8-13(21-22)6-7-15-5-2-10-25-15;18-17(19,20)24-14-6-3-12(4-7-14)16(23)22-10-9-13(21-22)5-8-15-2-1-11-25-15;18-17(19,20)24-15-6-2-1-5-14(15)16(23)22-10-9-12(21-22)7-8-13-4-3-11-25-13;19-16(13-5-2-1-3-6-13)18-11-10-14(17-18)8-9-15-7-4-12-20-15/h2*2-12H,1H3;3*1-11H;1-12H/b8-7+;9-8+;7-6+;8-5+;8-7+;9-8+. The van der Waals surface area contributed by atoms with Gasteiger partial charge in [-0.2, -0.15) is 30.6 Å². The lowest BCUT2D eigenvalue weighted by molar-refractivity contribution is -0.275. The molecule has 0 bridgehead atoms. The summed E-state index contributed by atoms with van der Waals surface area (Å²) in [7, 11) is 2.62. The number of aromatic nitrogens is 12. The lowest BCUT2D eigenvalue weighted by Gasteiger charge is -2.12. The summed E-state index contributed by atoms with van der Waals surface area (Å²) in [5, 5.41) is 36.9. The Morgan fingerprint density at radius 3 is 0.839 bits per heavy atom. The third kappa shape index (κ3) is 32.0. The van der Waals surface area contributed by atoms with Gasteiger partial charge in [0.2, 0.25) is 0 Å². The Kier molecular flexibility index (Phi) is 36.1. The number of carbonyl (C=O) groups is 8. The second-order valence-electron chi connectivity index (χ2n) is 28.7. The van der Waals surface area contributed by atoms with Gasteiger partial charge in [-0.3, -0.25) is 28.8 Å². The van der Waals surface area contributed by atoms with E-state index in [1.165, 1.54) is 95.4 Å². The monoisotopic (exact) mass is 2050 g/mol. The predicted octanol–water partition coefficient (Wildman–Crippen LogP) is 25.1. The maximum atomic E-state index is 12.5. The van der Waals surface area contributed by atoms with Crippen LogP contribution in [0.5, 0.6) is 17.2 Å². The Morgan fingerprint density at radius 1 is 0.245 bits per heavy atom. The summed E-state index contributed by atoms with van der Waals surface area (Å²) < 4.78 is 138. The first-order chi connectivity index (χ1) is 68.9. The van der Waals surface area contributed by atoms with Crippen molar-refractivity contribution in [3.63, 3.8) is 0 Å². The van der Waals surface area contributed by atoms with Gasteiger partial charge in [-0.15, -0.1) is 108 Å². The number of rotatable bonds is 23. The first-order valence-electron chi connectivity index (χ1n) is 41.8. The average Bonchev–Trinajstić information content (AvgIpc) is 1.77. The van der Waals surface area contributed by atoms with Crippen LogP contribution in [0, 0.1) is 0 Å². The minimum atomic E-state index is -4.88. The molecular weight excluding hydrogens is 1980 g/mol. The van der Waals surface area contributed by atoms with E-state index in [0.29, 0.717) is 56.3 Å². The highest BCUT2D eigenvalue weighted by Gasteiger charge is 2.35. The van der Waals surface area contributed by atoms with E-state index in [0.717, 1.165) is 79.3 Å². The van der Waals surface area contributed by atoms with Crippen LogP contribution in [0.3, 0.4) is 0 Å². The maximum absolute atomic E-state index is 12.5. The number of methoxy groups -OCH3 is 2. The van der Waals surface area contributed by atoms with Crippen LogP contribution in [0.15, 0.2) is 330 Å². The number of benzene rings is 6. The van der Waals surface area contributed by atoms with E-state index in [1.807, 2.05) is 184 Å². The topological polar surface area (TPSA) is 290 Å². The van der Waals surface area contributed by atoms with Gasteiger partial charge in [0.1, 0.15) is 17.2 Å². The minimum absolute atomic E-state index is 0.0404. The van der Waals surface area contributed by atoms with Crippen molar-refractivity contribution in [2.24, 2.45) is 0 Å². The molecule has 6 aromatic carbocycles. The fraction of sp³-hybridized carbons (Fsp3) is 0.0485. The highest BCUT2D eigenvalue weighted by Crippen LogP contribution is 2.30. The molecule has 143 heavy (non-hydrogen) atoms. The smallest absolute Gasteiger partial charge is 0.465 e. The van der Waals surface area contributed by atoms with Crippen LogP contribution in [0.2, 0.25) is 0 Å². The number of halogens is 9. The summed E-state index contributed by atoms with van der Waals surface area (Å²) in [6, 6.07) is 70.3. The number of carbonyl (C=O) groups excluding carboxylic acids is 8. The molecule has 0 radical (unpaired) electrons. The van der Waals surface area contributed by atoms with Crippen molar-refractivity contribution >= 4 is 188 Å². The van der Waals surface area contributed by atoms with E-state index in [1.54, 1.807) is 190 Å². The van der Waals surface area contributed by atoms with Gasteiger partial charge in [0.15, 0.2) is 0 Å². The van der Waals surface area contributed by atoms with Gasteiger partial charge in [0.05, 0.1) is 65.1 Å². The minimum Gasteiger partial charge on any atom is -0.465 e. The molecule has 0 aliphatic heterocycles. The summed E-state index contributed by atoms with van der Waals surface area (Å²) in [4.78, 5) is 104. The summed E-state index contributed by atoms with van der Waals surface area (Å²) in [6.07, 6.45) is 17.1. The van der Waals surface area contributed by atoms with Crippen LogP contribution in [-0.2, 0) is 9.47 Å². The maximum Gasteiger partial charge on any atom is 0.573 e. The molecule has 0 fully saturated rings. The van der Waals surface area contributed by atoms with Crippen LogP contribution in [0.1, 0.15) is 146 Å². The number of thiophene rings is 6. The predicted molar refractivity (Wildman–Crippen MR) is 533 cm³/mol. The molecule has 0 saturated heterocycles. The summed E-state index contributed by atoms with van der Waals surface area (Å²) in [5.74, 6) is -4.73. The Hall–Kier alpha value is -17.1. The van der Waals surface area contributed by atoms with Crippen molar-refractivity contribution in [3.8, 4) is 17.2 Å². The summed E-state index contributed by atoms with van der Waals surface area (Å²) >= 11 is 9.61. The fourth-order valence-corrected chi connectivity index (χ4v) is 15.9. The van der Waals surface area contributed by atoms with Crippen molar-refractivity contribution in [3.05, 3.63) is 438 Å². The molecule has 25 nitrogen and oxygen atoms in total. The Balaban J connectivity index is 0.000000144. The van der Waals surface area contributed by atoms with Crippen LogP contribution >= 0.6 is 68.0 Å². The molecule has 0 aliphatic carbocycles. The lowest BCUT2D eigenvalue weighted by atomic mass is 10.1. The van der Waals surface area contributed by atoms with Crippen LogP contribution < -0.4 is 14.2 Å². The number of ether oxygens (including phenoxy) is 5. The molecule has 12 aromatic heterocycles. The zero-order valence-electron chi connectivity index (χ0n) is 74.2. The highest BCUT2D eigenvalue weighted by molar-refractivity contribution is 7.12. The Morgan fingerprint density at radius 2 is 0.510 bits per heavy atom. The second kappa shape index (κ2) is 50.0. The van der Waals surface area contributed by atoms with Crippen molar-refractivity contribution in [1.29, 1.82) is 0 Å². The first kappa shape index (κ1) is 103. The molecule has 0 spiro atoms. The number of alkyl halides is 9. The van der Waals surface area contributed by atoms with E-state index >= 15 is 0 Å². The van der Waals surface area contributed by atoms with Gasteiger partial charge in [-0.05, 0) is 287 Å². The quantitative estimate of drug-likeness (QED) is 0.0424. The molecule has 0 amide bonds. The third-order valence-corrected chi connectivity index (χ3v) is 23.8. The van der Waals surface area contributed by atoms with Gasteiger partial charge in [-0.1, -0.05) is 78.9 Å². The number of hydrogen-bond donors (Lipinski definition) is 0. The van der Waals surface area contributed by atoms with E-state index in [2.05, 4.69) is 54.3 Å². The van der Waals surface area contributed by atoms with Gasteiger partial charge in [0.25, 0.3) is 35.4 Å². The van der Waals surface area contributed by atoms with Gasteiger partial charge < -0.3 is 23.7 Å². The Bertz CT molecular complexity index is 7460. The van der Waals surface area contributed by atoms with Gasteiger partial charge in [-0.25, -0.2) is 37.7 Å². The first-order valence-corrected chi connectivity index (χ1v) is 47.1. The molecular formula is C103H73F9N12O13S6. The molecule has 0 atom stereocenters. The number of esters is 2. The molecule has 18 aromatic rings. The normalized spacial score (nSPS) is 11.4. The fourth-order valence-electron chi connectivity index (χ4n) is 12.2. The lowest BCUT2D eigenvalue weighted by Crippen LogP contribution is -2.21. The number of para-hydroxylation sites is 1. The van der Waals surface area contributed by atoms with Crippen molar-refractivity contribution in [2.45, 2.75) is 19.1 Å². The molecule has 0 unspecified atom stereocenters. The number of nitrogens with zero attached hydrogens (tertiary/aromatic N) is 12. The molecule has 0 saturated carbocycles. The van der Waals surface area contributed by atoms with Crippen LogP contribution in [-0.4, -0.2) is 139 Å². The summed E-state index contributed by atoms with van der Waals surface area (Å²) in [6.45, 7) is 0. The second-order valence-corrected chi connectivity index (χ2v) is 34.6. The largest absolute Gasteiger partial charge is 0.573 e.